The molecule has 1 aliphatic carbocycles. The van der Waals surface area contributed by atoms with Crippen LogP contribution < -0.4 is 4.74 Å². The molecule has 0 N–H and O–H groups in total. The zero-order valence-electron chi connectivity index (χ0n) is 9.51. The number of rotatable bonds is 5. The molecule has 0 radical (unpaired) electrons. The third kappa shape index (κ3) is 2.81. The van der Waals surface area contributed by atoms with Gasteiger partial charge in [0.15, 0.2) is 11.5 Å². The van der Waals surface area contributed by atoms with Crippen LogP contribution in [-0.4, -0.2) is 17.3 Å². The maximum Gasteiger partial charge on any atom is 0.311 e. The minimum atomic E-state index is -0.496. The Hall–Kier alpha value is -1.91. The predicted octanol–water partition coefficient (Wildman–Crippen LogP) is 2.26. The molecule has 1 saturated carbocycles. The number of aryl methyl sites for hydroxylation is 1. The van der Waals surface area contributed by atoms with Crippen LogP contribution in [0.3, 0.4) is 0 Å². The number of carbonyl (C=O) groups is 1. The number of hydrogen-bond donors (Lipinski definition) is 0. The van der Waals surface area contributed by atoms with Crippen LogP contribution in [0.1, 0.15) is 18.4 Å². The minimum absolute atomic E-state index is 0.0277. The van der Waals surface area contributed by atoms with Crippen molar-refractivity contribution >= 4 is 11.5 Å². The molecule has 0 bridgehead atoms. The average Bonchev–Trinajstić information content (AvgIpc) is 3.10. The summed E-state index contributed by atoms with van der Waals surface area (Å²) in [7, 11) is 0. The van der Waals surface area contributed by atoms with Crippen molar-refractivity contribution in [2.24, 2.45) is 5.92 Å². The summed E-state index contributed by atoms with van der Waals surface area (Å²) < 4.78 is 5.23. The van der Waals surface area contributed by atoms with Gasteiger partial charge in [0.1, 0.15) is 6.61 Å². The van der Waals surface area contributed by atoms with Crippen molar-refractivity contribution in [1.82, 2.24) is 0 Å². The molecule has 0 saturated heterocycles. The van der Waals surface area contributed by atoms with Crippen molar-refractivity contribution in [2.75, 3.05) is 6.61 Å². The Morgan fingerprint density at radius 1 is 1.53 bits per heavy atom. The Bertz CT molecular complexity index is 466. The van der Waals surface area contributed by atoms with Gasteiger partial charge >= 0.3 is 5.69 Å². The Labute approximate surface area is 98.5 Å². The van der Waals surface area contributed by atoms with Gasteiger partial charge in [0.05, 0.1) is 4.92 Å². The van der Waals surface area contributed by atoms with Crippen LogP contribution in [0, 0.1) is 23.0 Å². The first-order valence-corrected chi connectivity index (χ1v) is 5.48. The number of ketones is 1. The molecule has 0 aromatic heterocycles. The smallest absolute Gasteiger partial charge is 0.311 e. The molecule has 0 amide bonds. The molecule has 0 heterocycles. The maximum absolute atomic E-state index is 11.4. The summed E-state index contributed by atoms with van der Waals surface area (Å²) >= 11 is 0. The van der Waals surface area contributed by atoms with Crippen LogP contribution in [0.2, 0.25) is 0 Å². The normalized spacial score (nSPS) is 14.4. The Morgan fingerprint density at radius 2 is 2.24 bits per heavy atom. The van der Waals surface area contributed by atoms with E-state index in [4.69, 9.17) is 4.74 Å². The molecule has 0 unspecified atom stereocenters. The third-order valence-corrected chi connectivity index (χ3v) is 2.71. The maximum atomic E-state index is 11.4. The largest absolute Gasteiger partial charge is 0.479 e. The lowest BCUT2D eigenvalue weighted by molar-refractivity contribution is -0.385. The average molecular weight is 235 g/mol. The van der Waals surface area contributed by atoms with Gasteiger partial charge in [-0.3, -0.25) is 14.9 Å². The summed E-state index contributed by atoms with van der Waals surface area (Å²) in [4.78, 5) is 21.7. The van der Waals surface area contributed by atoms with E-state index < -0.39 is 4.92 Å². The van der Waals surface area contributed by atoms with Gasteiger partial charge in [0, 0.05) is 12.0 Å². The lowest BCUT2D eigenvalue weighted by atomic mass is 10.2. The van der Waals surface area contributed by atoms with Crippen LogP contribution >= 0.6 is 0 Å². The molecule has 1 aromatic carbocycles. The van der Waals surface area contributed by atoms with E-state index in [1.807, 2.05) is 0 Å². The van der Waals surface area contributed by atoms with Crippen molar-refractivity contribution in [3.63, 3.8) is 0 Å². The van der Waals surface area contributed by atoms with Crippen LogP contribution in [0.25, 0.3) is 0 Å². The fraction of sp³-hybridized carbons (Fsp3) is 0.417. The van der Waals surface area contributed by atoms with Crippen LogP contribution in [-0.2, 0) is 4.79 Å². The molecular formula is C12H13NO4. The number of Topliss-reactive ketones (excluding diaryl/α,β-unsaturated/α-hetero) is 1. The molecular weight excluding hydrogens is 222 g/mol. The summed E-state index contributed by atoms with van der Waals surface area (Å²) in [5.41, 5.74) is 0.700. The highest BCUT2D eigenvalue weighted by Crippen LogP contribution is 2.31. The Morgan fingerprint density at radius 3 is 2.82 bits per heavy atom. The van der Waals surface area contributed by atoms with Gasteiger partial charge in [-0.15, -0.1) is 0 Å². The molecule has 90 valence electrons. The molecule has 1 fully saturated rings. The van der Waals surface area contributed by atoms with Gasteiger partial charge in [0.2, 0.25) is 0 Å². The van der Waals surface area contributed by atoms with E-state index in [0.29, 0.717) is 0 Å². The third-order valence-electron chi connectivity index (χ3n) is 2.71. The first-order chi connectivity index (χ1) is 8.08. The number of nitro groups is 1. The summed E-state index contributed by atoms with van der Waals surface area (Å²) in [6.45, 7) is 1.70. The van der Waals surface area contributed by atoms with E-state index in [9.17, 15) is 14.9 Å². The number of nitro benzene ring substituents is 1. The van der Waals surface area contributed by atoms with E-state index in [0.717, 1.165) is 18.4 Å². The van der Waals surface area contributed by atoms with Crippen LogP contribution in [0.4, 0.5) is 5.69 Å². The fourth-order valence-corrected chi connectivity index (χ4v) is 1.56. The molecule has 0 spiro atoms. The van der Waals surface area contributed by atoms with E-state index in [2.05, 4.69) is 0 Å². The van der Waals surface area contributed by atoms with E-state index in [-0.39, 0.29) is 29.7 Å². The second-order valence-electron chi connectivity index (χ2n) is 4.26. The SMILES string of the molecule is Cc1ccc(OCC(=O)C2CC2)c([N+](=O)[O-])c1. The van der Waals surface area contributed by atoms with Gasteiger partial charge in [-0.25, -0.2) is 0 Å². The lowest BCUT2D eigenvalue weighted by Gasteiger charge is -2.06. The molecule has 5 heteroatoms. The quantitative estimate of drug-likeness (QED) is 0.579. The molecule has 0 aliphatic heterocycles. The molecule has 1 aromatic rings. The van der Waals surface area contributed by atoms with Gasteiger partial charge in [-0.05, 0) is 31.4 Å². The Balaban J connectivity index is 2.08. The van der Waals surface area contributed by atoms with Gasteiger partial charge in [0.25, 0.3) is 0 Å². The standard InChI is InChI=1S/C12H13NO4/c1-8-2-5-12(10(6-8)13(15)16)17-7-11(14)9-3-4-9/h2,5-6,9H,3-4,7H2,1H3. The second kappa shape index (κ2) is 4.53. The van der Waals surface area contributed by atoms with Gasteiger partial charge in [-0.1, -0.05) is 6.07 Å². The van der Waals surface area contributed by atoms with Crippen molar-refractivity contribution in [3.05, 3.63) is 33.9 Å². The number of nitrogens with zero attached hydrogens (tertiary/aromatic N) is 1. The summed E-state index contributed by atoms with van der Waals surface area (Å²) in [6, 6.07) is 4.70. The topological polar surface area (TPSA) is 69.4 Å². The zero-order valence-corrected chi connectivity index (χ0v) is 9.51. The number of benzene rings is 1. The molecule has 2 rings (SSSR count). The van der Waals surface area contributed by atoms with Crippen molar-refractivity contribution in [2.45, 2.75) is 19.8 Å². The van der Waals surface area contributed by atoms with Crippen LogP contribution in [0.15, 0.2) is 18.2 Å². The number of hydrogen-bond acceptors (Lipinski definition) is 4. The minimum Gasteiger partial charge on any atom is -0.479 e. The number of carbonyl (C=O) groups excluding carboxylic acids is 1. The van der Waals surface area contributed by atoms with Crippen molar-refractivity contribution in [3.8, 4) is 5.75 Å². The predicted molar refractivity (Wildman–Crippen MR) is 61.1 cm³/mol. The monoisotopic (exact) mass is 235 g/mol. The highest BCUT2D eigenvalue weighted by molar-refractivity contribution is 5.84. The molecule has 5 nitrogen and oxygen atoms in total. The Kier molecular flexibility index (Phi) is 3.08. The fourth-order valence-electron chi connectivity index (χ4n) is 1.56. The first kappa shape index (κ1) is 11.6. The summed E-state index contributed by atoms with van der Waals surface area (Å²) in [6.07, 6.45) is 1.83. The highest BCUT2D eigenvalue weighted by atomic mass is 16.6. The summed E-state index contributed by atoms with van der Waals surface area (Å²) in [5.74, 6) is 0.300. The molecule has 17 heavy (non-hydrogen) atoms. The van der Waals surface area contributed by atoms with Crippen molar-refractivity contribution in [1.29, 1.82) is 0 Å². The number of ether oxygens (including phenoxy) is 1. The van der Waals surface area contributed by atoms with E-state index in [1.165, 1.54) is 12.1 Å². The second-order valence-corrected chi connectivity index (χ2v) is 4.26. The van der Waals surface area contributed by atoms with Gasteiger partial charge < -0.3 is 4.74 Å². The van der Waals surface area contributed by atoms with Crippen molar-refractivity contribution < 1.29 is 14.5 Å². The van der Waals surface area contributed by atoms with E-state index >= 15 is 0 Å². The molecule has 1 aliphatic rings. The lowest BCUT2D eigenvalue weighted by Crippen LogP contribution is -2.13. The molecule has 0 atom stereocenters. The highest BCUT2D eigenvalue weighted by Gasteiger charge is 2.30. The zero-order chi connectivity index (χ0) is 12.4. The first-order valence-electron chi connectivity index (χ1n) is 5.48. The van der Waals surface area contributed by atoms with E-state index in [1.54, 1.807) is 13.0 Å². The van der Waals surface area contributed by atoms with Gasteiger partial charge in [-0.2, -0.15) is 0 Å². The van der Waals surface area contributed by atoms with Crippen LogP contribution in [0.5, 0.6) is 5.75 Å². The summed E-state index contributed by atoms with van der Waals surface area (Å²) in [5, 5.41) is 10.8.